The molecule has 0 aliphatic rings. The molecule has 0 spiro atoms. The number of nitrogens with zero attached hydrogens (tertiary/aromatic N) is 3. The third-order valence-corrected chi connectivity index (χ3v) is 3.03. The number of hydrogen-bond acceptors (Lipinski definition) is 6. The molecule has 0 unspecified atom stereocenters. The van der Waals surface area contributed by atoms with E-state index in [1.54, 1.807) is 0 Å². The van der Waals surface area contributed by atoms with Crippen molar-refractivity contribution in [1.29, 1.82) is 0 Å². The quantitative estimate of drug-likeness (QED) is 0.659. The highest BCUT2D eigenvalue weighted by Gasteiger charge is 2.14. The van der Waals surface area contributed by atoms with Crippen LogP contribution in [0.5, 0.6) is 0 Å². The van der Waals surface area contributed by atoms with Crippen molar-refractivity contribution in [2.75, 3.05) is 0 Å². The summed E-state index contributed by atoms with van der Waals surface area (Å²) in [5, 5.41) is 15.9. The van der Waals surface area contributed by atoms with E-state index in [-0.39, 0.29) is 42.7 Å². The number of carbonyl (C=O) groups excluding carboxylic acids is 1. The Morgan fingerprint density at radius 2 is 1.95 bits per heavy atom. The Hall–Kier alpha value is -3.03. The number of Topliss-reactive ketones (excluding diaryl/α,β-unsaturated/α-hetero) is 1. The second-order valence-electron chi connectivity index (χ2n) is 4.69. The van der Waals surface area contributed by atoms with Crippen molar-refractivity contribution < 1.29 is 19.1 Å². The van der Waals surface area contributed by atoms with Crippen LogP contribution >= 0.6 is 0 Å². The van der Waals surface area contributed by atoms with E-state index in [2.05, 4.69) is 20.2 Å². The molecule has 0 atom stereocenters. The van der Waals surface area contributed by atoms with E-state index >= 15 is 0 Å². The molecular formula is C14H12N4O4. The number of hydrogen-bond donors (Lipinski definition) is 2. The van der Waals surface area contributed by atoms with Crippen LogP contribution in [0.15, 0.2) is 28.7 Å². The number of aromatic amines is 1. The average molecular weight is 300 g/mol. The van der Waals surface area contributed by atoms with Gasteiger partial charge in [0.15, 0.2) is 11.6 Å². The number of imidazole rings is 1. The van der Waals surface area contributed by atoms with Crippen molar-refractivity contribution in [1.82, 2.24) is 20.2 Å². The van der Waals surface area contributed by atoms with Crippen LogP contribution in [-0.2, 0) is 17.6 Å². The fourth-order valence-corrected chi connectivity index (χ4v) is 2.01. The van der Waals surface area contributed by atoms with Gasteiger partial charge in [0, 0.05) is 12.8 Å². The summed E-state index contributed by atoms with van der Waals surface area (Å²) in [6.07, 6.45) is 0.0571. The SMILES string of the molecule is O=C(O)Cc1nnc(CCC(=O)c2nc3ccccc3[nH]2)o1. The molecule has 0 bridgehead atoms. The van der Waals surface area contributed by atoms with Gasteiger partial charge in [-0.25, -0.2) is 4.98 Å². The zero-order chi connectivity index (χ0) is 15.5. The van der Waals surface area contributed by atoms with Crippen molar-refractivity contribution in [2.24, 2.45) is 0 Å². The monoisotopic (exact) mass is 300 g/mol. The number of nitrogens with one attached hydrogen (secondary N) is 1. The van der Waals surface area contributed by atoms with E-state index in [1.807, 2.05) is 24.3 Å². The lowest BCUT2D eigenvalue weighted by molar-refractivity contribution is -0.136. The molecule has 0 amide bonds. The standard InChI is InChI=1S/C14H12N4O4/c19-10(14-15-8-3-1-2-4-9(8)16-14)5-6-11-17-18-12(22-11)7-13(20)21/h1-4H,5-7H2,(H,15,16)(H,20,21). The van der Waals surface area contributed by atoms with Crippen LogP contribution in [0.3, 0.4) is 0 Å². The Kier molecular flexibility index (Phi) is 3.65. The number of carboxylic acids is 1. The van der Waals surface area contributed by atoms with Gasteiger partial charge in [-0.3, -0.25) is 9.59 Å². The van der Waals surface area contributed by atoms with Crippen LogP contribution in [0.25, 0.3) is 11.0 Å². The first kappa shape index (κ1) is 13.9. The fraction of sp³-hybridized carbons (Fsp3) is 0.214. The van der Waals surface area contributed by atoms with Crippen LogP contribution in [0, 0.1) is 0 Å². The van der Waals surface area contributed by atoms with E-state index in [0.29, 0.717) is 0 Å². The molecule has 0 saturated heterocycles. The second kappa shape index (κ2) is 5.76. The number of aromatic nitrogens is 4. The molecule has 0 saturated carbocycles. The first-order valence-electron chi connectivity index (χ1n) is 6.63. The van der Waals surface area contributed by atoms with Gasteiger partial charge in [-0.05, 0) is 12.1 Å². The average Bonchev–Trinajstić information content (AvgIpc) is 3.10. The highest BCUT2D eigenvalue weighted by Crippen LogP contribution is 2.12. The first-order chi connectivity index (χ1) is 10.6. The second-order valence-corrected chi connectivity index (χ2v) is 4.69. The van der Waals surface area contributed by atoms with Gasteiger partial charge in [-0.2, -0.15) is 0 Å². The first-order valence-corrected chi connectivity index (χ1v) is 6.63. The van der Waals surface area contributed by atoms with Gasteiger partial charge in [0.1, 0.15) is 6.42 Å². The van der Waals surface area contributed by atoms with Gasteiger partial charge in [0.2, 0.25) is 11.8 Å². The normalized spacial score (nSPS) is 10.9. The van der Waals surface area contributed by atoms with Crippen LogP contribution in [0.1, 0.15) is 28.8 Å². The van der Waals surface area contributed by atoms with Crippen molar-refractivity contribution in [3.63, 3.8) is 0 Å². The van der Waals surface area contributed by atoms with E-state index in [1.165, 1.54) is 0 Å². The van der Waals surface area contributed by atoms with E-state index in [4.69, 9.17) is 9.52 Å². The Bertz CT molecular complexity index is 803. The number of para-hydroxylation sites is 2. The minimum Gasteiger partial charge on any atom is -0.481 e. The van der Waals surface area contributed by atoms with E-state index in [9.17, 15) is 9.59 Å². The van der Waals surface area contributed by atoms with Crippen molar-refractivity contribution in [2.45, 2.75) is 19.3 Å². The molecule has 2 heterocycles. The molecule has 3 aromatic rings. The third-order valence-electron chi connectivity index (χ3n) is 3.03. The summed E-state index contributed by atoms with van der Waals surface area (Å²) in [7, 11) is 0. The highest BCUT2D eigenvalue weighted by atomic mass is 16.4. The molecule has 2 N–H and O–H groups in total. The molecule has 0 aliphatic carbocycles. The lowest BCUT2D eigenvalue weighted by atomic mass is 10.2. The molecule has 8 nitrogen and oxygen atoms in total. The van der Waals surface area contributed by atoms with Gasteiger partial charge >= 0.3 is 5.97 Å². The summed E-state index contributed by atoms with van der Waals surface area (Å²) < 4.78 is 5.15. The predicted octanol–water partition coefficient (Wildman–Crippen LogP) is 1.39. The van der Waals surface area contributed by atoms with Crippen molar-refractivity contribution >= 4 is 22.8 Å². The zero-order valence-electron chi connectivity index (χ0n) is 11.4. The smallest absolute Gasteiger partial charge is 0.312 e. The largest absolute Gasteiger partial charge is 0.481 e. The van der Waals surface area contributed by atoms with Gasteiger partial charge < -0.3 is 14.5 Å². The summed E-state index contributed by atoms with van der Waals surface area (Å²) >= 11 is 0. The van der Waals surface area contributed by atoms with Gasteiger partial charge in [-0.15, -0.1) is 10.2 Å². The maximum Gasteiger partial charge on any atom is 0.312 e. The lowest BCUT2D eigenvalue weighted by Gasteiger charge is -1.94. The predicted molar refractivity (Wildman–Crippen MR) is 74.4 cm³/mol. The topological polar surface area (TPSA) is 122 Å². The number of ketones is 1. The Morgan fingerprint density at radius 3 is 2.73 bits per heavy atom. The molecule has 112 valence electrons. The highest BCUT2D eigenvalue weighted by molar-refractivity contribution is 5.95. The number of H-pyrrole nitrogens is 1. The molecule has 8 heteroatoms. The number of aryl methyl sites for hydroxylation is 1. The van der Waals surface area contributed by atoms with Crippen LogP contribution in [-0.4, -0.2) is 37.0 Å². The van der Waals surface area contributed by atoms with Crippen molar-refractivity contribution in [3.05, 3.63) is 41.9 Å². The molecule has 1 aromatic carbocycles. The third kappa shape index (κ3) is 3.00. The number of aliphatic carboxylic acids is 1. The van der Waals surface area contributed by atoms with Gasteiger partial charge in [0.25, 0.3) is 0 Å². The summed E-state index contributed by atoms with van der Waals surface area (Å²) in [6, 6.07) is 7.37. The van der Waals surface area contributed by atoms with Crippen molar-refractivity contribution in [3.8, 4) is 0 Å². The maximum absolute atomic E-state index is 12.1. The lowest BCUT2D eigenvalue weighted by Crippen LogP contribution is -2.03. The Labute approximate surface area is 124 Å². The fourth-order valence-electron chi connectivity index (χ4n) is 2.01. The van der Waals surface area contributed by atoms with E-state index in [0.717, 1.165) is 11.0 Å². The van der Waals surface area contributed by atoms with Crippen LogP contribution < -0.4 is 0 Å². The molecule has 2 aromatic heterocycles. The van der Waals surface area contributed by atoms with E-state index < -0.39 is 5.97 Å². The zero-order valence-corrected chi connectivity index (χ0v) is 11.4. The van der Waals surface area contributed by atoms with Gasteiger partial charge in [-0.1, -0.05) is 12.1 Å². The molecular weight excluding hydrogens is 288 g/mol. The molecule has 0 aliphatic heterocycles. The van der Waals surface area contributed by atoms with Gasteiger partial charge in [0.05, 0.1) is 11.0 Å². The number of rotatable bonds is 6. The number of carbonyl (C=O) groups is 2. The molecule has 3 rings (SSSR count). The summed E-state index contributed by atoms with van der Waals surface area (Å²) in [4.78, 5) is 29.8. The summed E-state index contributed by atoms with van der Waals surface area (Å²) in [5.41, 5.74) is 1.53. The number of fused-ring (bicyclic) bond motifs is 1. The Balaban J connectivity index is 1.64. The van der Waals surface area contributed by atoms with Crippen LogP contribution in [0.2, 0.25) is 0 Å². The number of benzene rings is 1. The maximum atomic E-state index is 12.1. The van der Waals surface area contributed by atoms with Crippen LogP contribution in [0.4, 0.5) is 0 Å². The molecule has 22 heavy (non-hydrogen) atoms. The Morgan fingerprint density at radius 1 is 1.18 bits per heavy atom. The molecule has 0 fully saturated rings. The number of carboxylic acid groups (broad SMARTS) is 1. The molecule has 0 radical (unpaired) electrons. The summed E-state index contributed by atoms with van der Waals surface area (Å²) in [5.74, 6) is -0.673. The summed E-state index contributed by atoms with van der Waals surface area (Å²) in [6.45, 7) is 0. The minimum absolute atomic E-state index is 0.0266. The minimum atomic E-state index is -1.05.